The minimum Gasteiger partial charge on any atom is -0.508 e. The number of hydrogen-bond donors (Lipinski definition) is 2. The van der Waals surface area contributed by atoms with E-state index in [4.69, 9.17) is 4.74 Å². The number of rotatable bonds is 5. The number of hydrogen-bond acceptors (Lipinski definition) is 5. The van der Waals surface area contributed by atoms with Crippen LogP contribution >= 0.6 is 0 Å². The second-order valence-corrected chi connectivity index (χ2v) is 7.05. The summed E-state index contributed by atoms with van der Waals surface area (Å²) in [6.07, 6.45) is 0.366. The zero-order valence-corrected chi connectivity index (χ0v) is 16.7. The lowest BCUT2D eigenvalue weighted by molar-refractivity contribution is 0.0660. The van der Waals surface area contributed by atoms with Crippen molar-refractivity contribution in [1.82, 2.24) is 5.01 Å². The van der Waals surface area contributed by atoms with E-state index in [2.05, 4.69) is 5.10 Å². The Kier molecular flexibility index (Phi) is 5.41. The summed E-state index contributed by atoms with van der Waals surface area (Å²) in [7, 11) is 1.58. The number of aromatic hydroxyl groups is 1. The molecule has 3 aromatic carbocycles. The van der Waals surface area contributed by atoms with Gasteiger partial charge in [-0.1, -0.05) is 30.3 Å². The molecule has 0 bridgehead atoms. The van der Waals surface area contributed by atoms with Crippen molar-refractivity contribution in [3.05, 3.63) is 95.1 Å². The van der Waals surface area contributed by atoms with Gasteiger partial charge in [0.25, 0.3) is 5.91 Å². The van der Waals surface area contributed by atoms with Gasteiger partial charge in [0.2, 0.25) is 0 Å². The summed E-state index contributed by atoms with van der Waals surface area (Å²) < 4.78 is 5.20. The third kappa shape index (κ3) is 3.85. The molecule has 0 saturated heterocycles. The first-order valence-electron chi connectivity index (χ1n) is 9.65. The maximum absolute atomic E-state index is 13.4. The molecule has 1 aliphatic rings. The van der Waals surface area contributed by atoms with Crippen LogP contribution in [0.25, 0.3) is 0 Å². The first-order chi connectivity index (χ1) is 15.0. The monoisotopic (exact) mass is 416 g/mol. The summed E-state index contributed by atoms with van der Waals surface area (Å²) >= 11 is 0. The number of phenols is 1. The number of carboxylic acid groups (broad SMARTS) is 1. The maximum atomic E-state index is 13.4. The van der Waals surface area contributed by atoms with Gasteiger partial charge < -0.3 is 14.9 Å². The molecule has 0 unspecified atom stereocenters. The van der Waals surface area contributed by atoms with Crippen LogP contribution in [-0.4, -0.2) is 39.9 Å². The summed E-state index contributed by atoms with van der Waals surface area (Å²) in [6, 6.07) is 19.5. The molecule has 1 heterocycles. The summed E-state index contributed by atoms with van der Waals surface area (Å²) in [6.45, 7) is 0. The minimum atomic E-state index is -1.19. The fourth-order valence-electron chi connectivity index (χ4n) is 3.65. The number of para-hydroxylation sites is 1. The standard InChI is InChI=1S/C24H20N2O5/c1-31-16-12-10-15(11-13-16)20-14-21(19-8-4-5-9-22(19)27)26(25-20)23(28)17-6-2-3-7-18(17)24(29)30/h2-13,21,27H,14H2,1H3,(H,29,30)/t21-/m0/s1. The van der Waals surface area contributed by atoms with Gasteiger partial charge in [-0.3, -0.25) is 4.79 Å². The molecule has 0 aliphatic carbocycles. The van der Waals surface area contributed by atoms with Crippen molar-refractivity contribution in [2.24, 2.45) is 5.10 Å². The van der Waals surface area contributed by atoms with Crippen LogP contribution in [-0.2, 0) is 0 Å². The number of amides is 1. The van der Waals surface area contributed by atoms with Crippen LogP contribution in [0.3, 0.4) is 0 Å². The number of phenolic OH excluding ortho intramolecular Hbond substituents is 1. The number of carboxylic acids is 1. The molecule has 0 aromatic heterocycles. The summed E-state index contributed by atoms with van der Waals surface area (Å²) in [5, 5.41) is 25.7. The fourth-order valence-corrected chi connectivity index (χ4v) is 3.65. The minimum absolute atomic E-state index is 0.0372. The Morgan fingerprint density at radius 1 is 0.968 bits per heavy atom. The van der Waals surface area contributed by atoms with Crippen molar-refractivity contribution in [1.29, 1.82) is 0 Å². The van der Waals surface area contributed by atoms with E-state index in [9.17, 15) is 19.8 Å². The highest BCUT2D eigenvalue weighted by Gasteiger charge is 2.36. The lowest BCUT2D eigenvalue weighted by Gasteiger charge is -2.23. The van der Waals surface area contributed by atoms with E-state index in [0.29, 0.717) is 23.4 Å². The molecule has 1 atom stereocenters. The van der Waals surface area contributed by atoms with Crippen molar-refractivity contribution < 1.29 is 24.5 Å². The van der Waals surface area contributed by atoms with Crippen molar-refractivity contribution in [3.8, 4) is 11.5 Å². The van der Waals surface area contributed by atoms with Crippen LogP contribution in [0.1, 0.15) is 44.3 Å². The van der Waals surface area contributed by atoms with E-state index >= 15 is 0 Å². The molecule has 0 spiro atoms. The van der Waals surface area contributed by atoms with Crippen LogP contribution < -0.4 is 4.74 Å². The normalized spacial score (nSPS) is 15.5. The molecule has 7 heteroatoms. The molecule has 3 aromatic rings. The zero-order chi connectivity index (χ0) is 22.0. The highest BCUT2D eigenvalue weighted by molar-refractivity contribution is 6.08. The molecule has 156 valence electrons. The largest absolute Gasteiger partial charge is 0.508 e. The molecule has 4 rings (SSSR count). The number of aromatic carboxylic acids is 1. The van der Waals surface area contributed by atoms with E-state index in [0.717, 1.165) is 5.56 Å². The molecule has 1 aliphatic heterocycles. The van der Waals surface area contributed by atoms with Gasteiger partial charge in [0, 0.05) is 12.0 Å². The maximum Gasteiger partial charge on any atom is 0.336 e. The van der Waals surface area contributed by atoms with Crippen LogP contribution in [0.15, 0.2) is 77.9 Å². The highest BCUT2D eigenvalue weighted by atomic mass is 16.5. The van der Waals surface area contributed by atoms with E-state index in [-0.39, 0.29) is 16.9 Å². The van der Waals surface area contributed by atoms with Crippen LogP contribution in [0.2, 0.25) is 0 Å². The predicted molar refractivity (Wildman–Crippen MR) is 115 cm³/mol. The van der Waals surface area contributed by atoms with E-state index in [1.165, 1.54) is 17.1 Å². The average molecular weight is 416 g/mol. The number of hydrazone groups is 1. The van der Waals surface area contributed by atoms with E-state index in [1.807, 2.05) is 12.1 Å². The molecule has 7 nitrogen and oxygen atoms in total. The van der Waals surface area contributed by atoms with Crippen LogP contribution in [0, 0.1) is 0 Å². The molecular weight excluding hydrogens is 396 g/mol. The van der Waals surface area contributed by atoms with Crippen molar-refractivity contribution in [3.63, 3.8) is 0 Å². The fraction of sp³-hybridized carbons (Fsp3) is 0.125. The van der Waals surface area contributed by atoms with Gasteiger partial charge in [0.1, 0.15) is 11.5 Å². The quantitative estimate of drug-likeness (QED) is 0.653. The number of carbonyl (C=O) groups excluding carboxylic acids is 1. The number of nitrogens with zero attached hydrogens (tertiary/aromatic N) is 2. The topological polar surface area (TPSA) is 99.4 Å². The molecule has 0 saturated carbocycles. The van der Waals surface area contributed by atoms with Crippen LogP contribution in [0.5, 0.6) is 11.5 Å². The van der Waals surface area contributed by atoms with E-state index < -0.39 is 17.9 Å². The molecular formula is C24H20N2O5. The Morgan fingerprint density at radius 2 is 1.61 bits per heavy atom. The Balaban J connectivity index is 1.78. The van der Waals surface area contributed by atoms with Crippen molar-refractivity contribution in [2.75, 3.05) is 7.11 Å². The Morgan fingerprint density at radius 3 is 2.26 bits per heavy atom. The molecule has 2 N–H and O–H groups in total. The van der Waals surface area contributed by atoms with Crippen LogP contribution in [0.4, 0.5) is 0 Å². The van der Waals surface area contributed by atoms with Gasteiger partial charge in [0.15, 0.2) is 0 Å². The summed E-state index contributed by atoms with van der Waals surface area (Å²) in [5.41, 5.74) is 1.93. The Labute approximate surface area is 178 Å². The lowest BCUT2D eigenvalue weighted by atomic mass is 9.97. The van der Waals surface area contributed by atoms with Gasteiger partial charge in [-0.15, -0.1) is 0 Å². The lowest BCUT2D eigenvalue weighted by Crippen LogP contribution is -2.28. The molecule has 31 heavy (non-hydrogen) atoms. The third-order valence-electron chi connectivity index (χ3n) is 5.23. The van der Waals surface area contributed by atoms with Gasteiger partial charge >= 0.3 is 5.97 Å². The summed E-state index contributed by atoms with van der Waals surface area (Å²) in [5.74, 6) is -0.998. The Hall–Kier alpha value is -4.13. The second-order valence-electron chi connectivity index (χ2n) is 7.05. The Bertz CT molecular complexity index is 1170. The molecule has 0 fully saturated rings. The number of carbonyl (C=O) groups is 2. The summed E-state index contributed by atoms with van der Waals surface area (Å²) in [4.78, 5) is 25.0. The van der Waals surface area contributed by atoms with Crippen molar-refractivity contribution in [2.45, 2.75) is 12.5 Å². The zero-order valence-electron chi connectivity index (χ0n) is 16.7. The predicted octanol–water partition coefficient (Wildman–Crippen LogP) is 4.09. The molecule has 1 amide bonds. The smallest absolute Gasteiger partial charge is 0.336 e. The molecule has 0 radical (unpaired) electrons. The number of benzene rings is 3. The number of methoxy groups -OCH3 is 1. The third-order valence-corrected chi connectivity index (χ3v) is 5.23. The number of ether oxygens (including phenoxy) is 1. The van der Waals surface area contributed by atoms with E-state index in [1.54, 1.807) is 55.6 Å². The first kappa shape index (κ1) is 20.2. The highest BCUT2D eigenvalue weighted by Crippen LogP contribution is 2.38. The first-order valence-corrected chi connectivity index (χ1v) is 9.65. The van der Waals surface area contributed by atoms with Gasteiger partial charge in [-0.2, -0.15) is 5.10 Å². The van der Waals surface area contributed by atoms with Gasteiger partial charge in [-0.25, -0.2) is 9.80 Å². The van der Waals surface area contributed by atoms with Crippen molar-refractivity contribution >= 4 is 17.6 Å². The SMILES string of the molecule is COc1ccc(C2=NN(C(=O)c3ccccc3C(=O)O)[C@H](c3ccccc3O)C2)cc1. The van der Waals surface area contributed by atoms with Gasteiger partial charge in [0.05, 0.1) is 30.0 Å². The second kappa shape index (κ2) is 8.31. The average Bonchev–Trinajstić information content (AvgIpc) is 3.24. The van der Waals surface area contributed by atoms with Gasteiger partial charge in [-0.05, 0) is 48.0 Å².